The maximum atomic E-state index is 16.3. The second kappa shape index (κ2) is 19.7. The topological polar surface area (TPSA) is 29.6 Å². The molecule has 0 N–H and O–H groups in total. The number of rotatable bonds is 7. The van der Waals surface area contributed by atoms with Crippen LogP contribution in [0.15, 0.2) is 291 Å². The van der Waals surface area contributed by atoms with E-state index < -0.39 is 23.5 Å². The molecule has 0 saturated heterocycles. The summed E-state index contributed by atoms with van der Waals surface area (Å²) in [6, 6.07) is 93.3. The Morgan fingerprint density at radius 1 is 0.202 bits per heavy atom. The minimum Gasteiger partial charge on any atom is -0.307 e. The van der Waals surface area contributed by atoms with Crippen LogP contribution in [-0.2, 0) is 12.4 Å². The number of nitrogens with zero attached hydrogens (tertiary/aromatic N) is 6. The van der Waals surface area contributed by atoms with E-state index in [0.29, 0.717) is 50.5 Å². The summed E-state index contributed by atoms with van der Waals surface area (Å²) in [6.45, 7) is 0. The zero-order chi connectivity index (χ0) is 62.9. The van der Waals surface area contributed by atoms with E-state index in [2.05, 4.69) is 112 Å². The Labute approximate surface area is 531 Å². The summed E-state index contributed by atoms with van der Waals surface area (Å²) in [5.41, 5.74) is 9.06. The molecule has 0 fully saturated rings. The summed E-state index contributed by atoms with van der Waals surface area (Å²) in [4.78, 5) is 0. The normalized spacial score (nSPS) is 12.6. The third-order valence-electron chi connectivity index (χ3n) is 19.2. The molecule has 0 aliphatic heterocycles. The van der Waals surface area contributed by atoms with Gasteiger partial charge in [-0.3, -0.25) is 0 Å². The van der Waals surface area contributed by atoms with Crippen LogP contribution in [0.1, 0.15) is 11.1 Å². The summed E-state index contributed by atoms with van der Waals surface area (Å²) >= 11 is 0. The molecule has 94 heavy (non-hydrogen) atoms. The van der Waals surface area contributed by atoms with Crippen molar-refractivity contribution in [2.24, 2.45) is 0 Å². The van der Waals surface area contributed by atoms with Crippen molar-refractivity contribution in [3.63, 3.8) is 0 Å². The number of hydrogen-bond donors (Lipinski definition) is 0. The molecule has 0 aliphatic rings. The van der Waals surface area contributed by atoms with E-state index in [-0.39, 0.29) is 17.2 Å². The Kier molecular flexibility index (Phi) is 11.3. The molecule has 13 aromatic carbocycles. The molecule has 0 radical (unpaired) electrons. The predicted octanol–water partition coefficient (Wildman–Crippen LogP) is 22.8. The number of para-hydroxylation sites is 11. The number of halogens is 6. The Hall–Kier alpha value is -12.0. The highest BCUT2D eigenvalue weighted by atomic mass is 19.4. The molecule has 448 valence electrons. The van der Waals surface area contributed by atoms with Crippen LogP contribution in [0, 0.1) is 0 Å². The summed E-state index contributed by atoms with van der Waals surface area (Å²) in [6.07, 6.45) is -10.5. The maximum absolute atomic E-state index is 16.3. The fourth-order valence-electron chi connectivity index (χ4n) is 15.5. The van der Waals surface area contributed by atoms with Gasteiger partial charge in [-0.2, -0.15) is 26.3 Å². The summed E-state index contributed by atoms with van der Waals surface area (Å²) < 4.78 is 111. The summed E-state index contributed by atoms with van der Waals surface area (Å²) in [5, 5.41) is 8.60. The SMILES string of the molecule is FC(F)(F)c1cc(-c2c(-n3c4ccccc4c4ccccc43)c(-n3c4ccccc4c4ccccc43)c(-n3c4ccccc4c4c3c3ccccc3n4-c3ccccc3)c(-n3c4ccccc4c4ccccc43)c2-n2c3ccccc3c3ccccc32)cc(C(F)(F)F)c1. The quantitative estimate of drug-likeness (QED) is 0.142. The highest BCUT2D eigenvalue weighted by Gasteiger charge is 2.41. The van der Waals surface area contributed by atoms with Crippen molar-refractivity contribution >= 4 is 120 Å². The van der Waals surface area contributed by atoms with Crippen molar-refractivity contribution in [1.82, 2.24) is 27.4 Å². The van der Waals surface area contributed by atoms with E-state index in [1.54, 1.807) is 0 Å². The van der Waals surface area contributed by atoms with Gasteiger partial charge in [0.1, 0.15) is 0 Å². The molecule has 0 unspecified atom stereocenters. The van der Waals surface area contributed by atoms with Gasteiger partial charge < -0.3 is 27.4 Å². The first kappa shape index (κ1) is 53.8. The Balaban J connectivity index is 1.24. The Bertz CT molecular complexity index is 5900. The number of alkyl halides is 6. The smallest absolute Gasteiger partial charge is 0.307 e. The molecule has 6 nitrogen and oxygen atoms in total. The number of benzene rings is 13. The first-order valence-corrected chi connectivity index (χ1v) is 31.1. The van der Waals surface area contributed by atoms with Gasteiger partial charge >= 0.3 is 12.4 Å². The average molecular weight is 1230 g/mol. The van der Waals surface area contributed by atoms with Gasteiger partial charge in [0.15, 0.2) is 0 Å². The lowest BCUT2D eigenvalue weighted by molar-refractivity contribution is -0.143. The van der Waals surface area contributed by atoms with Gasteiger partial charge in [-0.15, -0.1) is 0 Å². The predicted molar refractivity (Wildman–Crippen MR) is 370 cm³/mol. The third-order valence-corrected chi connectivity index (χ3v) is 19.2. The van der Waals surface area contributed by atoms with Gasteiger partial charge in [-0.05, 0) is 96.6 Å². The second-order valence-corrected chi connectivity index (χ2v) is 24.1. The molecule has 0 spiro atoms. The molecule has 0 aliphatic carbocycles. The van der Waals surface area contributed by atoms with Crippen molar-refractivity contribution in [3.05, 3.63) is 302 Å². The van der Waals surface area contributed by atoms with Crippen LogP contribution < -0.4 is 0 Å². The van der Waals surface area contributed by atoms with Crippen molar-refractivity contribution in [2.75, 3.05) is 0 Å². The minimum absolute atomic E-state index is 0.103. The van der Waals surface area contributed by atoms with Gasteiger partial charge in [0.2, 0.25) is 0 Å². The number of fused-ring (bicyclic) bond motifs is 17. The summed E-state index contributed by atoms with van der Waals surface area (Å²) in [7, 11) is 0. The molecule has 0 saturated carbocycles. The first-order valence-electron chi connectivity index (χ1n) is 31.1. The van der Waals surface area contributed by atoms with Crippen LogP contribution in [0.2, 0.25) is 0 Å². The van der Waals surface area contributed by atoms with Crippen molar-refractivity contribution in [2.45, 2.75) is 12.4 Å². The number of aromatic nitrogens is 6. The minimum atomic E-state index is -5.25. The van der Waals surface area contributed by atoms with Crippen LogP contribution in [0.3, 0.4) is 0 Å². The van der Waals surface area contributed by atoms with Crippen molar-refractivity contribution in [1.29, 1.82) is 0 Å². The molecule has 19 rings (SSSR count). The van der Waals surface area contributed by atoms with E-state index in [1.165, 1.54) is 0 Å². The zero-order valence-electron chi connectivity index (χ0n) is 49.7. The van der Waals surface area contributed by atoms with Gasteiger partial charge in [0.05, 0.1) is 106 Å². The van der Waals surface area contributed by atoms with Crippen molar-refractivity contribution in [3.8, 4) is 45.3 Å². The van der Waals surface area contributed by atoms with Crippen LogP contribution in [0.5, 0.6) is 0 Å². The fourth-order valence-corrected chi connectivity index (χ4v) is 15.5. The van der Waals surface area contributed by atoms with E-state index in [0.717, 1.165) is 116 Å². The first-order chi connectivity index (χ1) is 46.0. The molecule has 0 amide bonds. The lowest BCUT2D eigenvalue weighted by atomic mass is 9.92. The largest absolute Gasteiger partial charge is 0.416 e. The maximum Gasteiger partial charge on any atom is 0.416 e. The Morgan fingerprint density at radius 3 is 0.723 bits per heavy atom. The zero-order valence-corrected chi connectivity index (χ0v) is 49.7. The lowest BCUT2D eigenvalue weighted by Gasteiger charge is -2.32. The lowest BCUT2D eigenvalue weighted by Crippen LogP contribution is -2.19. The monoisotopic (exact) mass is 1230 g/mol. The van der Waals surface area contributed by atoms with Gasteiger partial charge in [0, 0.05) is 65.1 Å². The molecule has 0 bridgehead atoms. The van der Waals surface area contributed by atoms with E-state index in [9.17, 15) is 0 Å². The highest BCUT2D eigenvalue weighted by Crippen LogP contribution is 2.56. The van der Waals surface area contributed by atoms with Crippen LogP contribution in [0.25, 0.3) is 165 Å². The van der Waals surface area contributed by atoms with Crippen molar-refractivity contribution < 1.29 is 26.3 Å². The summed E-state index contributed by atoms with van der Waals surface area (Å²) in [5.74, 6) is 0. The van der Waals surface area contributed by atoms with Gasteiger partial charge in [0.25, 0.3) is 0 Å². The third kappa shape index (κ3) is 7.50. The van der Waals surface area contributed by atoms with E-state index >= 15 is 26.3 Å². The van der Waals surface area contributed by atoms with Crippen LogP contribution >= 0.6 is 0 Å². The standard InChI is InChI=1S/C82H48F6N6/c83-81(84,85)50-46-49(47-51(48-50)82(86,87)88)73-76(90-63-36-14-4-26-53(63)54-27-5-15-37-64(54)90)78(92-67-40-18-8-30-57(67)58-31-9-19-41-68(58)92)80(94-72-45-23-13-35-62(72)74-75(94)61-34-12-22-44-71(61)89(74)52-24-2-1-3-25-52)79(93-69-42-20-10-32-59(69)60-33-11-21-43-70(60)93)77(73)91-65-38-16-6-28-55(65)56-29-7-17-39-66(56)91/h1-48H. The van der Waals surface area contributed by atoms with Crippen LogP contribution in [-0.4, -0.2) is 27.4 Å². The van der Waals surface area contributed by atoms with E-state index in [4.69, 9.17) is 0 Å². The number of hydrogen-bond acceptors (Lipinski definition) is 0. The molecule has 6 aromatic heterocycles. The molecular weight excluding hydrogens is 1180 g/mol. The molecule has 12 heteroatoms. The molecular formula is C82H48F6N6. The molecule has 6 heterocycles. The highest BCUT2D eigenvalue weighted by molar-refractivity contribution is 6.23. The van der Waals surface area contributed by atoms with Gasteiger partial charge in [-0.25, -0.2) is 0 Å². The van der Waals surface area contributed by atoms with Crippen LogP contribution in [0.4, 0.5) is 26.3 Å². The molecule has 19 aromatic rings. The fraction of sp³-hybridized carbons (Fsp3) is 0.0244. The molecule has 0 atom stereocenters. The van der Waals surface area contributed by atoms with E-state index in [1.807, 2.05) is 188 Å². The average Bonchev–Trinajstić information content (AvgIpc) is 1.44. The second-order valence-electron chi connectivity index (χ2n) is 24.1. The van der Waals surface area contributed by atoms with Gasteiger partial charge in [-0.1, -0.05) is 200 Å². The Morgan fingerprint density at radius 2 is 0.426 bits per heavy atom.